The SMILES string of the molecule is COC(=O)C[C@@H]1N=C(c2ccc(Cl)cc2)c2c(cnn2C)-n2c(C)nnc21. The lowest BCUT2D eigenvalue weighted by atomic mass is 10.1. The summed E-state index contributed by atoms with van der Waals surface area (Å²) in [5.74, 6) is 0.910. The fourth-order valence-electron chi connectivity index (χ4n) is 3.23. The van der Waals surface area contributed by atoms with Crippen LogP contribution in [0.3, 0.4) is 0 Å². The normalized spacial score (nSPS) is 15.6. The second-order valence-electron chi connectivity index (χ2n) is 6.22. The van der Waals surface area contributed by atoms with E-state index in [-0.39, 0.29) is 12.4 Å². The number of aryl methyl sites for hydroxylation is 2. The fraction of sp³-hybridized carbons (Fsp3) is 0.278. The third kappa shape index (κ3) is 2.91. The monoisotopic (exact) mass is 384 g/mol. The van der Waals surface area contributed by atoms with Crippen molar-refractivity contribution in [1.82, 2.24) is 24.5 Å². The zero-order chi connectivity index (χ0) is 19.1. The molecule has 1 atom stereocenters. The molecule has 0 aliphatic carbocycles. The van der Waals surface area contributed by atoms with E-state index < -0.39 is 6.04 Å². The van der Waals surface area contributed by atoms with Gasteiger partial charge in [0.25, 0.3) is 0 Å². The maximum absolute atomic E-state index is 12.0. The number of rotatable bonds is 3. The molecular formula is C18H17ClN6O2. The van der Waals surface area contributed by atoms with Crippen molar-refractivity contribution in [2.75, 3.05) is 7.11 Å². The highest BCUT2D eigenvalue weighted by atomic mass is 35.5. The summed E-state index contributed by atoms with van der Waals surface area (Å²) in [5, 5.41) is 13.5. The highest BCUT2D eigenvalue weighted by Crippen LogP contribution is 2.32. The lowest BCUT2D eigenvalue weighted by Gasteiger charge is -2.11. The number of nitrogens with zero attached hydrogens (tertiary/aromatic N) is 6. The van der Waals surface area contributed by atoms with Gasteiger partial charge in [-0.15, -0.1) is 10.2 Å². The van der Waals surface area contributed by atoms with Gasteiger partial charge in [0.05, 0.1) is 31.1 Å². The quantitative estimate of drug-likeness (QED) is 0.647. The zero-order valence-corrected chi connectivity index (χ0v) is 15.8. The molecule has 3 aromatic rings. The fourth-order valence-corrected chi connectivity index (χ4v) is 3.35. The van der Waals surface area contributed by atoms with Crippen molar-refractivity contribution in [2.24, 2.45) is 12.0 Å². The van der Waals surface area contributed by atoms with Crippen LogP contribution in [0.15, 0.2) is 35.5 Å². The molecule has 1 aromatic carbocycles. The molecule has 0 unspecified atom stereocenters. The average molecular weight is 385 g/mol. The number of ether oxygens (including phenoxy) is 1. The molecular weight excluding hydrogens is 368 g/mol. The van der Waals surface area contributed by atoms with E-state index in [1.807, 2.05) is 30.7 Å². The molecule has 4 rings (SSSR count). The van der Waals surface area contributed by atoms with E-state index in [2.05, 4.69) is 15.3 Å². The zero-order valence-electron chi connectivity index (χ0n) is 15.0. The summed E-state index contributed by atoms with van der Waals surface area (Å²) in [6.07, 6.45) is 1.81. The molecule has 2 aromatic heterocycles. The Hall–Kier alpha value is -3.00. The maximum Gasteiger partial charge on any atom is 0.308 e. The van der Waals surface area contributed by atoms with Gasteiger partial charge in [-0.2, -0.15) is 5.10 Å². The van der Waals surface area contributed by atoms with Gasteiger partial charge in [0, 0.05) is 17.6 Å². The number of benzene rings is 1. The molecule has 3 heterocycles. The van der Waals surface area contributed by atoms with Gasteiger partial charge in [-0.05, 0) is 19.1 Å². The second kappa shape index (κ2) is 6.62. The molecule has 27 heavy (non-hydrogen) atoms. The van der Waals surface area contributed by atoms with Crippen LogP contribution >= 0.6 is 11.6 Å². The minimum atomic E-state index is -0.531. The van der Waals surface area contributed by atoms with Gasteiger partial charge in [-0.1, -0.05) is 23.7 Å². The Morgan fingerprint density at radius 2 is 2.00 bits per heavy atom. The first kappa shape index (κ1) is 17.4. The van der Waals surface area contributed by atoms with Crippen LogP contribution in [0, 0.1) is 6.92 Å². The topological polar surface area (TPSA) is 87.2 Å². The van der Waals surface area contributed by atoms with Gasteiger partial charge in [0.1, 0.15) is 17.6 Å². The Morgan fingerprint density at radius 1 is 1.26 bits per heavy atom. The minimum Gasteiger partial charge on any atom is -0.469 e. The lowest BCUT2D eigenvalue weighted by Crippen LogP contribution is -2.13. The molecule has 0 amide bonds. The standard InChI is InChI=1S/C18H17ClN6O2/c1-10-22-23-18-13(8-15(26)27-3)21-16(11-4-6-12(19)7-5-11)17-14(25(10)18)9-20-24(17)2/h4-7,9,13H,8H2,1-3H3/t13-/m0/s1. The average Bonchev–Trinajstić information content (AvgIpc) is 3.18. The first-order chi connectivity index (χ1) is 13.0. The summed E-state index contributed by atoms with van der Waals surface area (Å²) in [5.41, 5.74) is 3.21. The van der Waals surface area contributed by atoms with Gasteiger partial charge in [0.15, 0.2) is 5.82 Å². The Kier molecular flexibility index (Phi) is 4.27. The first-order valence-electron chi connectivity index (χ1n) is 8.34. The maximum atomic E-state index is 12.0. The molecule has 1 aliphatic heterocycles. The van der Waals surface area contributed by atoms with Crippen LogP contribution in [0.4, 0.5) is 0 Å². The Bertz CT molecular complexity index is 1050. The number of carbonyl (C=O) groups excluding carboxylic acids is 1. The number of aliphatic imine (C=N–C) groups is 1. The van der Waals surface area contributed by atoms with Crippen molar-refractivity contribution in [3.63, 3.8) is 0 Å². The minimum absolute atomic E-state index is 0.0626. The molecule has 0 saturated heterocycles. The van der Waals surface area contributed by atoms with E-state index in [4.69, 9.17) is 21.3 Å². The van der Waals surface area contributed by atoms with Crippen LogP contribution in [-0.2, 0) is 16.6 Å². The molecule has 0 fully saturated rings. The largest absolute Gasteiger partial charge is 0.469 e. The van der Waals surface area contributed by atoms with Gasteiger partial charge >= 0.3 is 5.97 Å². The van der Waals surface area contributed by atoms with Gasteiger partial charge in [-0.25, -0.2) is 0 Å². The van der Waals surface area contributed by atoms with Gasteiger partial charge in [0.2, 0.25) is 0 Å². The highest BCUT2D eigenvalue weighted by Gasteiger charge is 2.31. The van der Waals surface area contributed by atoms with Gasteiger partial charge < -0.3 is 4.74 Å². The summed E-state index contributed by atoms with van der Waals surface area (Å²) in [6.45, 7) is 1.86. The first-order valence-corrected chi connectivity index (χ1v) is 8.72. The smallest absolute Gasteiger partial charge is 0.308 e. The molecule has 9 heteroatoms. The van der Waals surface area contributed by atoms with Crippen molar-refractivity contribution in [2.45, 2.75) is 19.4 Å². The molecule has 0 spiro atoms. The van der Waals surface area contributed by atoms with Crippen LogP contribution in [0.2, 0.25) is 5.02 Å². The van der Waals surface area contributed by atoms with E-state index in [0.717, 1.165) is 16.9 Å². The molecule has 8 nitrogen and oxygen atoms in total. The summed E-state index contributed by atoms with van der Waals surface area (Å²) >= 11 is 6.04. The molecule has 0 radical (unpaired) electrons. The predicted molar refractivity (Wildman–Crippen MR) is 99.3 cm³/mol. The van der Waals surface area contributed by atoms with Crippen LogP contribution in [0.5, 0.6) is 0 Å². The molecule has 138 valence electrons. The number of esters is 1. The highest BCUT2D eigenvalue weighted by molar-refractivity contribution is 6.30. The van der Waals surface area contributed by atoms with Crippen LogP contribution < -0.4 is 0 Å². The van der Waals surface area contributed by atoms with Crippen molar-refractivity contribution >= 4 is 23.3 Å². The van der Waals surface area contributed by atoms with E-state index in [1.165, 1.54) is 7.11 Å². The lowest BCUT2D eigenvalue weighted by molar-refractivity contribution is -0.141. The Labute approximate surface area is 160 Å². The van der Waals surface area contributed by atoms with Crippen molar-refractivity contribution in [3.05, 3.63) is 58.4 Å². The predicted octanol–water partition coefficient (Wildman–Crippen LogP) is 2.42. The summed E-state index contributed by atoms with van der Waals surface area (Å²) in [4.78, 5) is 16.9. The number of carbonyl (C=O) groups is 1. The number of aromatic nitrogens is 5. The number of hydrogen-bond acceptors (Lipinski definition) is 6. The van der Waals surface area contributed by atoms with Crippen LogP contribution in [0.1, 0.15) is 35.4 Å². The molecule has 0 N–H and O–H groups in total. The molecule has 0 bridgehead atoms. The third-order valence-electron chi connectivity index (χ3n) is 4.52. The summed E-state index contributed by atoms with van der Waals surface area (Å²) in [6, 6.07) is 6.87. The van der Waals surface area contributed by atoms with Gasteiger partial charge in [-0.3, -0.25) is 19.0 Å². The third-order valence-corrected chi connectivity index (χ3v) is 4.77. The van der Waals surface area contributed by atoms with Crippen molar-refractivity contribution < 1.29 is 9.53 Å². The molecule has 0 saturated carbocycles. The van der Waals surface area contributed by atoms with E-state index in [9.17, 15) is 4.79 Å². The number of halogens is 1. The summed E-state index contributed by atoms with van der Waals surface area (Å²) < 4.78 is 8.50. The summed E-state index contributed by atoms with van der Waals surface area (Å²) in [7, 11) is 3.21. The number of hydrogen-bond donors (Lipinski definition) is 0. The Morgan fingerprint density at radius 3 is 2.70 bits per heavy atom. The van der Waals surface area contributed by atoms with E-state index in [0.29, 0.717) is 22.4 Å². The second-order valence-corrected chi connectivity index (χ2v) is 6.66. The Balaban J connectivity index is 1.97. The van der Waals surface area contributed by atoms with Crippen LogP contribution in [-0.4, -0.2) is 43.3 Å². The number of fused-ring (bicyclic) bond motifs is 3. The van der Waals surface area contributed by atoms with E-state index in [1.54, 1.807) is 23.0 Å². The molecule has 1 aliphatic rings. The van der Waals surface area contributed by atoms with Crippen molar-refractivity contribution in [1.29, 1.82) is 0 Å². The number of methoxy groups -OCH3 is 1. The van der Waals surface area contributed by atoms with E-state index >= 15 is 0 Å². The van der Waals surface area contributed by atoms with Crippen LogP contribution in [0.25, 0.3) is 5.69 Å². The van der Waals surface area contributed by atoms with Crippen molar-refractivity contribution in [3.8, 4) is 5.69 Å².